The average molecular weight is 378 g/mol. The third-order valence-electron chi connectivity index (χ3n) is 4.21. The molecule has 2 aliphatic rings. The minimum atomic E-state index is -3.54. The van der Waals surface area contributed by atoms with Gasteiger partial charge in [-0.3, -0.25) is 19.4 Å². The van der Waals surface area contributed by atoms with Crippen LogP contribution in [0.5, 0.6) is 0 Å². The van der Waals surface area contributed by atoms with Crippen LogP contribution < -0.4 is 0 Å². The molecule has 0 N–H and O–H groups in total. The number of nitrogens with zero attached hydrogens (tertiary/aromatic N) is 3. The summed E-state index contributed by atoms with van der Waals surface area (Å²) in [6, 6.07) is 2.60. The van der Waals surface area contributed by atoms with Gasteiger partial charge in [0.25, 0.3) is 10.0 Å². The van der Waals surface area contributed by atoms with Gasteiger partial charge in [0, 0.05) is 33.2 Å². The second-order valence-corrected chi connectivity index (χ2v) is 9.39. The van der Waals surface area contributed by atoms with Crippen LogP contribution in [0.3, 0.4) is 0 Å². The van der Waals surface area contributed by atoms with E-state index in [-0.39, 0.29) is 22.4 Å². The molecule has 2 aliphatic heterocycles. The van der Waals surface area contributed by atoms with Crippen LogP contribution in [0.1, 0.15) is 6.42 Å². The summed E-state index contributed by atoms with van der Waals surface area (Å²) in [4.78, 5) is 26.7. The first-order valence-corrected chi connectivity index (χ1v) is 9.74. The van der Waals surface area contributed by atoms with Crippen molar-refractivity contribution in [2.75, 3.05) is 33.2 Å². The summed E-state index contributed by atoms with van der Waals surface area (Å²) in [5.74, 6) is -0.403. The van der Waals surface area contributed by atoms with Crippen molar-refractivity contribution in [2.24, 2.45) is 0 Å². The van der Waals surface area contributed by atoms with Crippen LogP contribution in [0, 0.1) is 0 Å². The van der Waals surface area contributed by atoms with Gasteiger partial charge >= 0.3 is 0 Å². The predicted octanol–water partition coefficient (Wildman–Crippen LogP) is 0.465. The molecule has 7 nitrogen and oxygen atoms in total. The van der Waals surface area contributed by atoms with E-state index in [1.165, 1.54) is 17.4 Å². The van der Waals surface area contributed by atoms with E-state index < -0.39 is 16.1 Å². The van der Waals surface area contributed by atoms with Crippen LogP contribution in [0.15, 0.2) is 16.3 Å². The SMILES string of the molecule is CN1C(=O)CC(N2CCN(S(=O)(=O)c3ccc(Cl)s3)CC2)C1=O. The van der Waals surface area contributed by atoms with Gasteiger partial charge in [0.15, 0.2) is 0 Å². The van der Waals surface area contributed by atoms with Crippen molar-refractivity contribution in [2.45, 2.75) is 16.7 Å². The van der Waals surface area contributed by atoms with Crippen molar-refractivity contribution in [1.82, 2.24) is 14.1 Å². The van der Waals surface area contributed by atoms with Crippen molar-refractivity contribution in [3.8, 4) is 0 Å². The van der Waals surface area contributed by atoms with E-state index in [1.807, 2.05) is 4.90 Å². The first-order valence-electron chi connectivity index (χ1n) is 7.10. The predicted molar refractivity (Wildman–Crippen MR) is 85.8 cm³/mol. The van der Waals surface area contributed by atoms with Gasteiger partial charge in [0.2, 0.25) is 11.8 Å². The highest BCUT2D eigenvalue weighted by atomic mass is 35.5. The van der Waals surface area contributed by atoms with Crippen LogP contribution in [0.2, 0.25) is 4.34 Å². The molecule has 0 spiro atoms. The van der Waals surface area contributed by atoms with E-state index in [4.69, 9.17) is 11.6 Å². The number of hydrogen-bond acceptors (Lipinski definition) is 6. The lowest BCUT2D eigenvalue weighted by Crippen LogP contribution is -2.53. The number of rotatable bonds is 3. The van der Waals surface area contributed by atoms with Crippen molar-refractivity contribution >= 4 is 44.8 Å². The number of hydrogen-bond donors (Lipinski definition) is 0. The van der Waals surface area contributed by atoms with Crippen molar-refractivity contribution < 1.29 is 18.0 Å². The second kappa shape index (κ2) is 6.14. The quantitative estimate of drug-likeness (QED) is 0.715. The number of likely N-dealkylation sites (tertiary alicyclic amines) is 1. The van der Waals surface area contributed by atoms with Crippen LogP contribution in [-0.4, -0.2) is 73.6 Å². The number of thiophene rings is 1. The molecule has 3 heterocycles. The van der Waals surface area contributed by atoms with Crippen LogP contribution in [0.4, 0.5) is 0 Å². The Balaban J connectivity index is 1.67. The molecule has 1 atom stereocenters. The average Bonchev–Trinajstić information content (AvgIpc) is 3.07. The van der Waals surface area contributed by atoms with Crippen molar-refractivity contribution in [1.29, 1.82) is 0 Å². The summed E-state index contributed by atoms with van der Waals surface area (Å²) >= 11 is 6.84. The lowest BCUT2D eigenvalue weighted by Gasteiger charge is -2.35. The summed E-state index contributed by atoms with van der Waals surface area (Å²) in [5, 5.41) is 0. The molecular formula is C13H16ClN3O4S2. The summed E-state index contributed by atoms with van der Waals surface area (Å²) in [7, 11) is -2.07. The molecule has 2 fully saturated rings. The third-order valence-corrected chi connectivity index (χ3v) is 7.81. The molecule has 0 aromatic carbocycles. The monoisotopic (exact) mass is 377 g/mol. The molecule has 1 aromatic heterocycles. The van der Waals surface area contributed by atoms with Crippen LogP contribution in [0.25, 0.3) is 0 Å². The Morgan fingerprint density at radius 2 is 1.83 bits per heavy atom. The fourth-order valence-electron chi connectivity index (χ4n) is 2.84. The number of likely N-dealkylation sites (N-methyl/N-ethyl adjacent to an activating group) is 1. The molecule has 23 heavy (non-hydrogen) atoms. The lowest BCUT2D eigenvalue weighted by atomic mass is 10.2. The Labute approximate surface area is 143 Å². The maximum Gasteiger partial charge on any atom is 0.252 e. The zero-order valence-electron chi connectivity index (χ0n) is 12.4. The fraction of sp³-hybridized carbons (Fsp3) is 0.538. The molecule has 2 saturated heterocycles. The highest BCUT2D eigenvalue weighted by molar-refractivity contribution is 7.91. The van der Waals surface area contributed by atoms with E-state index in [0.717, 1.165) is 16.2 Å². The summed E-state index contributed by atoms with van der Waals surface area (Å²) < 4.78 is 27.1. The van der Waals surface area contributed by atoms with Gasteiger partial charge in [-0.2, -0.15) is 4.31 Å². The van der Waals surface area contributed by atoms with Gasteiger partial charge in [-0.25, -0.2) is 8.42 Å². The molecule has 2 amide bonds. The van der Waals surface area contributed by atoms with Crippen LogP contribution in [-0.2, 0) is 19.6 Å². The van der Waals surface area contributed by atoms with Gasteiger partial charge in [0.1, 0.15) is 4.21 Å². The Bertz CT molecular complexity index is 740. The highest BCUT2D eigenvalue weighted by Crippen LogP contribution is 2.29. The first-order chi connectivity index (χ1) is 10.8. The molecule has 10 heteroatoms. The normalized spacial score (nSPS) is 24.6. The van der Waals surface area contributed by atoms with E-state index in [9.17, 15) is 18.0 Å². The smallest absolute Gasteiger partial charge is 0.252 e. The maximum absolute atomic E-state index is 12.5. The molecule has 0 aliphatic carbocycles. The second-order valence-electron chi connectivity index (χ2n) is 5.51. The molecular weight excluding hydrogens is 362 g/mol. The third kappa shape index (κ3) is 3.03. The molecule has 126 valence electrons. The van der Waals surface area contributed by atoms with Crippen molar-refractivity contribution in [3.05, 3.63) is 16.5 Å². The number of imide groups is 1. The molecule has 3 rings (SSSR count). The van der Waals surface area contributed by atoms with Gasteiger partial charge in [0.05, 0.1) is 16.8 Å². The van der Waals surface area contributed by atoms with Crippen LogP contribution >= 0.6 is 22.9 Å². The maximum atomic E-state index is 12.5. The minimum Gasteiger partial charge on any atom is -0.289 e. The summed E-state index contributed by atoms with van der Waals surface area (Å²) in [6.45, 7) is 1.44. The summed E-state index contributed by atoms with van der Waals surface area (Å²) in [6.07, 6.45) is 0.169. The molecule has 0 bridgehead atoms. The van der Waals surface area contributed by atoms with Crippen molar-refractivity contribution in [3.63, 3.8) is 0 Å². The number of sulfonamides is 1. The standard InChI is InChI=1S/C13H16ClN3O4S2/c1-15-11(18)8-9(13(15)19)16-4-6-17(7-5-16)23(20,21)12-3-2-10(14)22-12/h2-3,9H,4-8H2,1H3. The topological polar surface area (TPSA) is 78.0 Å². The lowest BCUT2D eigenvalue weighted by molar-refractivity contribution is -0.138. The van der Waals surface area contributed by atoms with E-state index in [2.05, 4.69) is 0 Å². The van der Waals surface area contributed by atoms with Gasteiger partial charge in [-0.1, -0.05) is 11.6 Å². The largest absolute Gasteiger partial charge is 0.289 e. The minimum absolute atomic E-state index is 0.169. The zero-order valence-corrected chi connectivity index (χ0v) is 14.8. The molecule has 1 unspecified atom stereocenters. The molecule has 1 aromatic rings. The molecule has 0 radical (unpaired) electrons. The number of carbonyl (C=O) groups is 2. The zero-order chi connectivity index (χ0) is 16.8. The highest BCUT2D eigenvalue weighted by Gasteiger charge is 2.41. The fourth-order valence-corrected chi connectivity index (χ4v) is 5.90. The number of piperazine rings is 1. The van der Waals surface area contributed by atoms with Gasteiger partial charge < -0.3 is 0 Å². The molecule has 0 saturated carbocycles. The Kier molecular flexibility index (Phi) is 4.49. The van der Waals surface area contributed by atoms with Gasteiger partial charge in [-0.05, 0) is 12.1 Å². The van der Waals surface area contributed by atoms with Gasteiger partial charge in [-0.15, -0.1) is 11.3 Å². The number of carbonyl (C=O) groups excluding carboxylic acids is 2. The first kappa shape index (κ1) is 16.8. The Hall–Kier alpha value is -1.00. The van der Waals surface area contributed by atoms with E-state index >= 15 is 0 Å². The Morgan fingerprint density at radius 1 is 1.17 bits per heavy atom. The number of amides is 2. The van der Waals surface area contributed by atoms with E-state index in [1.54, 1.807) is 6.07 Å². The van der Waals surface area contributed by atoms with E-state index in [0.29, 0.717) is 30.5 Å². The number of halogens is 1. The Morgan fingerprint density at radius 3 is 2.30 bits per heavy atom. The summed E-state index contributed by atoms with van der Waals surface area (Å²) in [5.41, 5.74) is 0.